The first-order valence-corrected chi connectivity index (χ1v) is 9.17. The van der Waals surface area contributed by atoms with Crippen molar-refractivity contribution in [3.63, 3.8) is 0 Å². The first-order valence-electron chi connectivity index (χ1n) is 8.38. The third-order valence-corrected chi connectivity index (χ3v) is 4.91. The lowest BCUT2D eigenvalue weighted by molar-refractivity contribution is 0.0594. The molecule has 7 nitrogen and oxygen atoms in total. The molecule has 0 spiro atoms. The highest BCUT2D eigenvalue weighted by Crippen LogP contribution is 2.19. The molecular weight excluding hydrogens is 398 g/mol. The van der Waals surface area contributed by atoms with Crippen LogP contribution in [0.1, 0.15) is 16.4 Å². The Labute approximate surface area is 158 Å². The molecule has 0 radical (unpaired) electrons. The van der Waals surface area contributed by atoms with Crippen molar-refractivity contribution in [3.8, 4) is 0 Å². The van der Waals surface area contributed by atoms with E-state index in [0.29, 0.717) is 41.7 Å². The second-order valence-corrected chi connectivity index (χ2v) is 7.00. The summed E-state index contributed by atoms with van der Waals surface area (Å²) in [6.07, 6.45) is 0. The Balaban J connectivity index is 1.40. The first kappa shape index (κ1) is 17.0. The number of furan rings is 1. The lowest BCUT2D eigenvalue weighted by Crippen LogP contribution is -2.48. The Morgan fingerprint density at radius 2 is 1.88 bits per heavy atom. The van der Waals surface area contributed by atoms with Gasteiger partial charge in [0.2, 0.25) is 0 Å². The number of carbonyl (C=O) groups is 1. The molecular formula is C18H18BrN5O2. The number of aromatic nitrogens is 2. The first-order chi connectivity index (χ1) is 12.6. The molecule has 0 aliphatic carbocycles. The molecule has 0 unspecified atom stereocenters. The summed E-state index contributed by atoms with van der Waals surface area (Å²) in [5.74, 6) is 1.48. The number of benzene rings is 1. The fraction of sp³-hybridized carbons (Fsp3) is 0.278. The number of amides is 1. The lowest BCUT2D eigenvalue weighted by Gasteiger charge is -2.33. The normalized spacial score (nSPS) is 15.5. The number of fused-ring (bicyclic) bond motifs is 1. The Morgan fingerprint density at radius 3 is 2.62 bits per heavy atom. The highest BCUT2D eigenvalue weighted by Gasteiger charge is 2.24. The van der Waals surface area contributed by atoms with Crippen molar-refractivity contribution in [3.05, 3.63) is 52.7 Å². The van der Waals surface area contributed by atoms with Crippen LogP contribution >= 0.6 is 15.9 Å². The molecule has 2 aromatic heterocycles. The quantitative estimate of drug-likeness (QED) is 0.706. The molecule has 2 N–H and O–H groups in total. The fourth-order valence-corrected chi connectivity index (χ4v) is 3.42. The van der Waals surface area contributed by atoms with Gasteiger partial charge in [-0.25, -0.2) is 9.97 Å². The third kappa shape index (κ3) is 3.42. The standard InChI is InChI=1S/C18H18BrN5O2/c19-15-6-5-14(26-15)18(25)24-9-7-23(8-10-24)11-16-21-13-4-2-1-3-12(13)17(20)22-16/h1-6H,7-11H2,(H2,20,21,22). The van der Waals surface area contributed by atoms with Gasteiger partial charge in [0.25, 0.3) is 5.91 Å². The van der Waals surface area contributed by atoms with Gasteiger partial charge in [0, 0.05) is 31.6 Å². The molecule has 1 amide bonds. The van der Waals surface area contributed by atoms with Crippen molar-refractivity contribution < 1.29 is 9.21 Å². The predicted molar refractivity (Wildman–Crippen MR) is 102 cm³/mol. The molecule has 1 aliphatic rings. The summed E-state index contributed by atoms with van der Waals surface area (Å²) in [7, 11) is 0. The summed E-state index contributed by atoms with van der Waals surface area (Å²) in [5, 5.41) is 0.872. The van der Waals surface area contributed by atoms with Crippen LogP contribution in [0.4, 0.5) is 5.82 Å². The number of piperazine rings is 1. The molecule has 3 heterocycles. The van der Waals surface area contributed by atoms with E-state index in [1.807, 2.05) is 24.3 Å². The van der Waals surface area contributed by atoms with Crippen molar-refractivity contribution in [1.82, 2.24) is 19.8 Å². The molecule has 1 aliphatic heterocycles. The van der Waals surface area contributed by atoms with E-state index in [0.717, 1.165) is 24.0 Å². The number of halogens is 1. The highest BCUT2D eigenvalue weighted by molar-refractivity contribution is 9.10. The van der Waals surface area contributed by atoms with Crippen LogP contribution in [0.5, 0.6) is 0 Å². The molecule has 26 heavy (non-hydrogen) atoms. The van der Waals surface area contributed by atoms with Crippen LogP contribution in [0, 0.1) is 0 Å². The highest BCUT2D eigenvalue weighted by atomic mass is 79.9. The molecule has 0 bridgehead atoms. The van der Waals surface area contributed by atoms with E-state index in [9.17, 15) is 4.79 Å². The second kappa shape index (κ2) is 7.05. The van der Waals surface area contributed by atoms with Crippen molar-refractivity contribution in [2.45, 2.75) is 6.54 Å². The maximum Gasteiger partial charge on any atom is 0.289 e. The van der Waals surface area contributed by atoms with Crippen LogP contribution in [0.15, 0.2) is 45.5 Å². The number of hydrogen-bond donors (Lipinski definition) is 1. The van der Waals surface area contributed by atoms with Crippen LogP contribution in [0.25, 0.3) is 10.9 Å². The Bertz CT molecular complexity index is 950. The van der Waals surface area contributed by atoms with Gasteiger partial charge in [0.1, 0.15) is 11.6 Å². The molecule has 134 valence electrons. The zero-order valence-corrected chi connectivity index (χ0v) is 15.6. The van der Waals surface area contributed by atoms with Gasteiger partial charge in [0.05, 0.1) is 12.1 Å². The van der Waals surface area contributed by atoms with Crippen molar-refractivity contribution in [2.24, 2.45) is 0 Å². The largest absolute Gasteiger partial charge is 0.444 e. The van der Waals surface area contributed by atoms with Gasteiger partial charge in [-0.15, -0.1) is 0 Å². The topological polar surface area (TPSA) is 88.5 Å². The molecule has 0 atom stereocenters. The number of hydrogen-bond acceptors (Lipinski definition) is 6. The van der Waals surface area contributed by atoms with Crippen LogP contribution in [-0.4, -0.2) is 51.9 Å². The number of rotatable bonds is 3. The minimum atomic E-state index is -0.0819. The third-order valence-electron chi connectivity index (χ3n) is 4.49. The Morgan fingerprint density at radius 1 is 1.12 bits per heavy atom. The summed E-state index contributed by atoms with van der Waals surface area (Å²) >= 11 is 3.22. The maximum absolute atomic E-state index is 12.4. The molecule has 3 aromatic rings. The Hall–Kier alpha value is -2.45. The van der Waals surface area contributed by atoms with E-state index < -0.39 is 0 Å². The van der Waals surface area contributed by atoms with E-state index >= 15 is 0 Å². The van der Waals surface area contributed by atoms with Gasteiger partial charge in [-0.2, -0.15) is 0 Å². The van der Waals surface area contributed by atoms with Gasteiger partial charge >= 0.3 is 0 Å². The smallest absolute Gasteiger partial charge is 0.289 e. The van der Waals surface area contributed by atoms with Crippen LogP contribution < -0.4 is 5.73 Å². The van der Waals surface area contributed by atoms with E-state index in [1.165, 1.54) is 0 Å². The lowest BCUT2D eigenvalue weighted by atomic mass is 10.2. The average molecular weight is 416 g/mol. The molecule has 8 heteroatoms. The van der Waals surface area contributed by atoms with Gasteiger partial charge in [0.15, 0.2) is 10.4 Å². The predicted octanol–water partition coefficient (Wildman–Crippen LogP) is 2.53. The molecule has 0 saturated carbocycles. The summed E-state index contributed by atoms with van der Waals surface area (Å²) < 4.78 is 5.91. The van der Waals surface area contributed by atoms with Crippen LogP contribution in [-0.2, 0) is 6.54 Å². The van der Waals surface area contributed by atoms with Gasteiger partial charge in [-0.3, -0.25) is 9.69 Å². The fourth-order valence-electron chi connectivity index (χ4n) is 3.12. The van der Waals surface area contributed by atoms with Crippen LogP contribution in [0.2, 0.25) is 0 Å². The summed E-state index contributed by atoms with van der Waals surface area (Å²) in [5.41, 5.74) is 6.91. The monoisotopic (exact) mass is 415 g/mol. The number of anilines is 1. The van der Waals surface area contributed by atoms with Gasteiger partial charge in [-0.05, 0) is 40.2 Å². The molecule has 1 aromatic carbocycles. The number of para-hydroxylation sites is 1. The van der Waals surface area contributed by atoms with Crippen molar-refractivity contribution in [2.75, 3.05) is 31.9 Å². The summed E-state index contributed by atoms with van der Waals surface area (Å²) in [6.45, 7) is 3.40. The van der Waals surface area contributed by atoms with E-state index in [4.69, 9.17) is 10.2 Å². The van der Waals surface area contributed by atoms with E-state index in [-0.39, 0.29) is 5.91 Å². The van der Waals surface area contributed by atoms with E-state index in [1.54, 1.807) is 17.0 Å². The molecule has 1 fully saturated rings. The average Bonchev–Trinajstić information content (AvgIpc) is 3.08. The minimum Gasteiger partial charge on any atom is -0.444 e. The van der Waals surface area contributed by atoms with Gasteiger partial charge < -0.3 is 15.1 Å². The molecule has 4 rings (SSSR count). The Kier molecular flexibility index (Phi) is 4.60. The maximum atomic E-state index is 12.4. The molecule has 1 saturated heterocycles. The van der Waals surface area contributed by atoms with Gasteiger partial charge in [-0.1, -0.05) is 12.1 Å². The minimum absolute atomic E-state index is 0.0819. The summed E-state index contributed by atoms with van der Waals surface area (Å²) in [6, 6.07) is 11.1. The van der Waals surface area contributed by atoms with Crippen molar-refractivity contribution in [1.29, 1.82) is 0 Å². The number of nitrogen functional groups attached to an aromatic ring is 1. The zero-order chi connectivity index (χ0) is 18.1. The van der Waals surface area contributed by atoms with Crippen LogP contribution in [0.3, 0.4) is 0 Å². The summed E-state index contributed by atoms with van der Waals surface area (Å²) in [4.78, 5) is 25.5. The second-order valence-electron chi connectivity index (χ2n) is 6.21. The number of carbonyl (C=O) groups excluding carboxylic acids is 1. The SMILES string of the molecule is Nc1nc(CN2CCN(C(=O)c3ccc(Br)o3)CC2)nc2ccccc12. The van der Waals surface area contributed by atoms with Crippen molar-refractivity contribution >= 4 is 38.6 Å². The number of nitrogens with two attached hydrogens (primary N) is 1. The zero-order valence-electron chi connectivity index (χ0n) is 14.1. The van der Waals surface area contributed by atoms with E-state index in [2.05, 4.69) is 30.8 Å². The number of nitrogens with zero attached hydrogens (tertiary/aromatic N) is 4.